The highest BCUT2D eigenvalue weighted by Gasteiger charge is 2.31. The largest absolute Gasteiger partial charge is 0.381 e. The van der Waals surface area contributed by atoms with E-state index in [1.165, 1.54) is 12.1 Å². The number of nitrogens with zero attached hydrogens (tertiary/aromatic N) is 3. The third-order valence-corrected chi connectivity index (χ3v) is 6.26. The Bertz CT molecular complexity index is 861. The van der Waals surface area contributed by atoms with Crippen molar-refractivity contribution in [3.8, 4) is 5.69 Å². The Morgan fingerprint density at radius 1 is 1.17 bits per heavy atom. The zero-order valence-corrected chi connectivity index (χ0v) is 17.7. The second-order valence-corrected chi connectivity index (χ2v) is 8.13. The van der Waals surface area contributed by atoms with Gasteiger partial charge < -0.3 is 14.8 Å². The van der Waals surface area contributed by atoms with Gasteiger partial charge in [0.1, 0.15) is 11.5 Å². The molecular formula is C22H30F2N4O2. The van der Waals surface area contributed by atoms with Crippen LogP contribution in [0.2, 0.25) is 0 Å². The molecule has 164 valence electrons. The van der Waals surface area contributed by atoms with E-state index >= 15 is 0 Å². The van der Waals surface area contributed by atoms with Crippen molar-refractivity contribution in [1.82, 2.24) is 20.0 Å². The summed E-state index contributed by atoms with van der Waals surface area (Å²) in [5, 5.41) is 8.10. The Morgan fingerprint density at radius 2 is 1.97 bits per heavy atom. The van der Waals surface area contributed by atoms with E-state index in [0.717, 1.165) is 75.5 Å². The minimum atomic E-state index is -0.617. The van der Waals surface area contributed by atoms with Crippen LogP contribution in [0.1, 0.15) is 23.4 Å². The fourth-order valence-electron chi connectivity index (χ4n) is 4.52. The van der Waals surface area contributed by atoms with Crippen LogP contribution in [0.25, 0.3) is 5.69 Å². The summed E-state index contributed by atoms with van der Waals surface area (Å²) in [4.78, 5) is 2.51. The first kappa shape index (κ1) is 21.4. The van der Waals surface area contributed by atoms with Gasteiger partial charge in [0.15, 0.2) is 5.82 Å². The summed E-state index contributed by atoms with van der Waals surface area (Å²) in [7, 11) is 0. The summed E-state index contributed by atoms with van der Waals surface area (Å²) in [6.45, 7) is 10.4. The molecule has 4 rings (SSSR count). The molecule has 8 heteroatoms. The number of ether oxygens (including phenoxy) is 2. The predicted molar refractivity (Wildman–Crippen MR) is 110 cm³/mol. The molecule has 0 amide bonds. The standard InChI is InChI=1S/C22H30F2N4O2/c1-15-19(16(2)28(26-15)21-4-3-18(23)11-20(21)24)12-25-13-22(17-5-8-30-14-17)27-6-9-29-10-7-27/h3-4,11,17,22,25H,5-10,12-14H2,1-2H3/t17-,22-/m1/s1. The van der Waals surface area contributed by atoms with Gasteiger partial charge in [0, 0.05) is 62.1 Å². The zero-order chi connectivity index (χ0) is 21.1. The number of hydrogen-bond acceptors (Lipinski definition) is 5. The summed E-state index contributed by atoms with van der Waals surface area (Å²) in [6, 6.07) is 3.97. The van der Waals surface area contributed by atoms with E-state index in [9.17, 15) is 8.78 Å². The molecule has 0 aliphatic carbocycles. The zero-order valence-electron chi connectivity index (χ0n) is 17.7. The molecule has 2 fully saturated rings. The number of benzene rings is 1. The SMILES string of the molecule is Cc1nn(-c2ccc(F)cc2F)c(C)c1CNC[C@H]([C@@H]1CCOC1)N1CCOCC1. The normalized spacial score (nSPS) is 21.3. The van der Waals surface area contributed by atoms with Gasteiger partial charge >= 0.3 is 0 Å². The van der Waals surface area contributed by atoms with Crippen molar-refractivity contribution in [2.45, 2.75) is 32.9 Å². The third kappa shape index (κ3) is 4.56. The highest BCUT2D eigenvalue weighted by atomic mass is 19.1. The van der Waals surface area contributed by atoms with Crippen molar-refractivity contribution in [2.24, 2.45) is 5.92 Å². The monoisotopic (exact) mass is 420 g/mol. The number of morpholine rings is 1. The van der Waals surface area contributed by atoms with E-state index in [2.05, 4.69) is 15.3 Å². The Hall–Kier alpha value is -1.87. The van der Waals surface area contributed by atoms with Gasteiger partial charge in [-0.25, -0.2) is 13.5 Å². The lowest BCUT2D eigenvalue weighted by molar-refractivity contribution is 0.00137. The molecule has 6 nitrogen and oxygen atoms in total. The lowest BCUT2D eigenvalue weighted by atomic mass is 9.96. The predicted octanol–water partition coefficient (Wildman–Crippen LogP) is 2.59. The van der Waals surface area contributed by atoms with Gasteiger partial charge in [-0.05, 0) is 32.4 Å². The van der Waals surface area contributed by atoms with E-state index in [-0.39, 0.29) is 5.69 Å². The van der Waals surface area contributed by atoms with E-state index in [1.807, 2.05) is 13.8 Å². The number of halogens is 2. The molecule has 1 aromatic heterocycles. The first-order valence-electron chi connectivity index (χ1n) is 10.7. The summed E-state index contributed by atoms with van der Waals surface area (Å²) < 4.78 is 40.2. The van der Waals surface area contributed by atoms with Crippen molar-refractivity contribution in [1.29, 1.82) is 0 Å². The molecule has 2 aromatic rings. The number of rotatable bonds is 7. The average Bonchev–Trinajstić information content (AvgIpc) is 3.35. The van der Waals surface area contributed by atoms with Crippen molar-refractivity contribution < 1.29 is 18.3 Å². The molecule has 1 N–H and O–H groups in total. The average molecular weight is 421 g/mol. The van der Waals surface area contributed by atoms with Gasteiger partial charge in [0.05, 0.1) is 25.5 Å². The maximum absolute atomic E-state index is 14.2. The molecular weight excluding hydrogens is 390 g/mol. The van der Waals surface area contributed by atoms with E-state index in [0.29, 0.717) is 18.5 Å². The van der Waals surface area contributed by atoms with Crippen LogP contribution in [0, 0.1) is 31.4 Å². The Labute approximate surface area is 176 Å². The summed E-state index contributed by atoms with van der Waals surface area (Å²) >= 11 is 0. The smallest absolute Gasteiger partial charge is 0.151 e. The second kappa shape index (κ2) is 9.51. The third-order valence-electron chi connectivity index (χ3n) is 6.26. The van der Waals surface area contributed by atoms with Crippen LogP contribution in [-0.2, 0) is 16.0 Å². The molecule has 2 atom stereocenters. The Balaban J connectivity index is 1.45. The van der Waals surface area contributed by atoms with Gasteiger partial charge in [0.2, 0.25) is 0 Å². The van der Waals surface area contributed by atoms with E-state index in [4.69, 9.17) is 9.47 Å². The molecule has 2 saturated heterocycles. The number of nitrogens with one attached hydrogen (secondary N) is 1. The maximum atomic E-state index is 14.2. The van der Waals surface area contributed by atoms with Gasteiger partial charge in [-0.3, -0.25) is 4.90 Å². The number of hydrogen-bond donors (Lipinski definition) is 1. The van der Waals surface area contributed by atoms with Gasteiger partial charge in [-0.15, -0.1) is 0 Å². The van der Waals surface area contributed by atoms with Gasteiger partial charge in [-0.2, -0.15) is 5.10 Å². The molecule has 2 aliphatic heterocycles. The van der Waals surface area contributed by atoms with Crippen LogP contribution in [0.3, 0.4) is 0 Å². The topological polar surface area (TPSA) is 51.5 Å². The molecule has 2 aliphatic rings. The van der Waals surface area contributed by atoms with Crippen molar-refractivity contribution >= 4 is 0 Å². The molecule has 0 saturated carbocycles. The first-order chi connectivity index (χ1) is 14.5. The quantitative estimate of drug-likeness (QED) is 0.746. The van der Waals surface area contributed by atoms with Crippen LogP contribution in [0.15, 0.2) is 18.2 Å². The molecule has 0 spiro atoms. The lowest BCUT2D eigenvalue weighted by Crippen LogP contribution is -2.51. The molecule has 1 aromatic carbocycles. The first-order valence-corrected chi connectivity index (χ1v) is 10.7. The number of aromatic nitrogens is 2. The highest BCUT2D eigenvalue weighted by molar-refractivity contribution is 5.38. The van der Waals surface area contributed by atoms with Crippen LogP contribution in [0.4, 0.5) is 8.78 Å². The molecule has 30 heavy (non-hydrogen) atoms. The molecule has 0 bridgehead atoms. The van der Waals surface area contributed by atoms with E-state index in [1.54, 1.807) is 4.68 Å². The Kier molecular flexibility index (Phi) is 6.77. The fourth-order valence-corrected chi connectivity index (χ4v) is 4.52. The molecule has 0 unspecified atom stereocenters. The lowest BCUT2D eigenvalue weighted by Gasteiger charge is -2.37. The molecule has 3 heterocycles. The molecule has 0 radical (unpaired) electrons. The highest BCUT2D eigenvalue weighted by Crippen LogP contribution is 2.23. The van der Waals surface area contributed by atoms with Crippen molar-refractivity contribution in [2.75, 3.05) is 46.1 Å². The second-order valence-electron chi connectivity index (χ2n) is 8.13. The summed E-state index contributed by atoms with van der Waals surface area (Å²) in [5.41, 5.74) is 3.01. The minimum Gasteiger partial charge on any atom is -0.381 e. The van der Waals surface area contributed by atoms with Gasteiger partial charge in [0.25, 0.3) is 0 Å². The van der Waals surface area contributed by atoms with Crippen LogP contribution in [-0.4, -0.2) is 66.8 Å². The van der Waals surface area contributed by atoms with Crippen molar-refractivity contribution in [3.05, 3.63) is 46.8 Å². The van der Waals surface area contributed by atoms with Crippen molar-refractivity contribution in [3.63, 3.8) is 0 Å². The summed E-state index contributed by atoms with van der Waals surface area (Å²) in [5.74, 6) is -0.688. The van der Waals surface area contributed by atoms with Crippen LogP contribution < -0.4 is 5.32 Å². The van der Waals surface area contributed by atoms with E-state index < -0.39 is 11.6 Å². The Morgan fingerprint density at radius 3 is 2.67 bits per heavy atom. The number of aryl methyl sites for hydroxylation is 1. The van der Waals surface area contributed by atoms with Crippen LogP contribution in [0.5, 0.6) is 0 Å². The fraction of sp³-hybridized carbons (Fsp3) is 0.591. The summed E-state index contributed by atoms with van der Waals surface area (Å²) in [6.07, 6.45) is 1.09. The minimum absolute atomic E-state index is 0.262. The van der Waals surface area contributed by atoms with Crippen LogP contribution >= 0.6 is 0 Å². The van der Waals surface area contributed by atoms with Gasteiger partial charge in [-0.1, -0.05) is 0 Å². The maximum Gasteiger partial charge on any atom is 0.151 e.